The third-order valence-electron chi connectivity index (χ3n) is 5.83. The van der Waals surface area contributed by atoms with Gasteiger partial charge in [-0.3, -0.25) is 9.59 Å². The SMILES string of the molecule is O=C(Cn1nc2ccccc2n1)N[C@@H]1CN(C(=O)CC2CCCC2)CC[C@@H]1O. The molecule has 0 bridgehead atoms. The maximum Gasteiger partial charge on any atom is 0.243 e. The standard InChI is InChI=1S/C20H27N5O3/c26-18-9-10-24(20(28)11-14-5-1-2-6-14)12-17(18)21-19(27)13-25-22-15-7-3-4-8-16(15)23-25/h3-4,7-8,14,17-18,26H,1-2,5-6,9-13H2,(H,21,27)/t17-,18+/m1/s1. The summed E-state index contributed by atoms with van der Waals surface area (Å²) in [4.78, 5) is 28.2. The molecule has 1 aromatic heterocycles. The van der Waals surface area contributed by atoms with Crippen LogP contribution in [0.3, 0.4) is 0 Å². The van der Waals surface area contributed by atoms with Crippen LogP contribution in [0.5, 0.6) is 0 Å². The molecule has 28 heavy (non-hydrogen) atoms. The van der Waals surface area contributed by atoms with Crippen molar-refractivity contribution in [3.8, 4) is 0 Å². The maximum atomic E-state index is 12.6. The lowest BCUT2D eigenvalue weighted by Gasteiger charge is -2.37. The largest absolute Gasteiger partial charge is 0.391 e. The lowest BCUT2D eigenvalue weighted by molar-refractivity contribution is -0.136. The first-order valence-corrected chi connectivity index (χ1v) is 10.1. The quantitative estimate of drug-likeness (QED) is 0.802. The number of aromatic nitrogens is 3. The number of nitrogens with zero attached hydrogens (tertiary/aromatic N) is 4. The summed E-state index contributed by atoms with van der Waals surface area (Å²) in [5.41, 5.74) is 1.47. The van der Waals surface area contributed by atoms with Gasteiger partial charge in [0.1, 0.15) is 17.6 Å². The lowest BCUT2D eigenvalue weighted by Crippen LogP contribution is -2.57. The summed E-state index contributed by atoms with van der Waals surface area (Å²) in [6.07, 6.45) is 5.11. The first-order valence-electron chi connectivity index (χ1n) is 10.1. The predicted molar refractivity (Wildman–Crippen MR) is 103 cm³/mol. The molecule has 1 aliphatic carbocycles. The Morgan fingerprint density at radius 1 is 1.11 bits per heavy atom. The Balaban J connectivity index is 1.32. The molecule has 4 rings (SSSR count). The van der Waals surface area contributed by atoms with E-state index in [1.807, 2.05) is 24.3 Å². The minimum Gasteiger partial charge on any atom is -0.391 e. The van der Waals surface area contributed by atoms with Gasteiger partial charge in [-0.05, 0) is 37.3 Å². The molecule has 2 N–H and O–H groups in total. The van der Waals surface area contributed by atoms with E-state index >= 15 is 0 Å². The Morgan fingerprint density at radius 3 is 2.46 bits per heavy atom. The number of rotatable bonds is 5. The molecule has 2 aliphatic rings. The van der Waals surface area contributed by atoms with E-state index in [0.717, 1.165) is 23.9 Å². The van der Waals surface area contributed by atoms with E-state index in [4.69, 9.17) is 0 Å². The zero-order valence-electron chi connectivity index (χ0n) is 16.0. The van der Waals surface area contributed by atoms with E-state index in [1.165, 1.54) is 17.6 Å². The Bertz CT molecular complexity index is 812. The van der Waals surface area contributed by atoms with Crippen LogP contribution in [0, 0.1) is 5.92 Å². The number of carbonyl (C=O) groups is 2. The summed E-state index contributed by atoms with van der Waals surface area (Å²) in [6, 6.07) is 6.97. The van der Waals surface area contributed by atoms with Gasteiger partial charge >= 0.3 is 0 Å². The van der Waals surface area contributed by atoms with Crippen molar-refractivity contribution in [1.29, 1.82) is 0 Å². The summed E-state index contributed by atoms with van der Waals surface area (Å²) in [5, 5.41) is 21.7. The predicted octanol–water partition coefficient (Wildman–Crippen LogP) is 1.09. The fourth-order valence-electron chi connectivity index (χ4n) is 4.25. The molecule has 2 fully saturated rings. The number of nitrogens with one attached hydrogen (secondary N) is 1. The van der Waals surface area contributed by atoms with Crippen LogP contribution in [0.2, 0.25) is 0 Å². The minimum atomic E-state index is -0.649. The summed E-state index contributed by atoms with van der Waals surface area (Å²) in [5.74, 6) is 0.361. The second kappa shape index (κ2) is 8.26. The van der Waals surface area contributed by atoms with Crippen molar-refractivity contribution in [3.63, 3.8) is 0 Å². The van der Waals surface area contributed by atoms with Crippen molar-refractivity contribution in [2.24, 2.45) is 5.92 Å². The van der Waals surface area contributed by atoms with Gasteiger partial charge in [0, 0.05) is 19.5 Å². The van der Waals surface area contributed by atoms with Crippen LogP contribution in [-0.4, -0.2) is 62.0 Å². The van der Waals surface area contributed by atoms with E-state index < -0.39 is 12.1 Å². The average molecular weight is 385 g/mol. The number of aliphatic hydroxyl groups is 1. The van der Waals surface area contributed by atoms with Crippen LogP contribution in [0.4, 0.5) is 0 Å². The Hall–Kier alpha value is -2.48. The van der Waals surface area contributed by atoms with E-state index in [0.29, 0.717) is 31.8 Å². The zero-order valence-corrected chi connectivity index (χ0v) is 16.0. The first kappa shape index (κ1) is 18.9. The molecule has 2 atom stereocenters. The number of carbonyl (C=O) groups excluding carboxylic acids is 2. The Kier molecular flexibility index (Phi) is 5.57. The summed E-state index contributed by atoms with van der Waals surface area (Å²) in [6.45, 7) is 0.881. The fourth-order valence-corrected chi connectivity index (χ4v) is 4.25. The number of likely N-dealkylation sites (tertiary alicyclic amines) is 1. The molecule has 0 spiro atoms. The second-order valence-electron chi connectivity index (χ2n) is 7.94. The summed E-state index contributed by atoms with van der Waals surface area (Å²) in [7, 11) is 0. The highest BCUT2D eigenvalue weighted by atomic mass is 16.3. The van der Waals surface area contributed by atoms with Crippen molar-refractivity contribution in [2.75, 3.05) is 13.1 Å². The number of hydrogen-bond donors (Lipinski definition) is 2. The van der Waals surface area contributed by atoms with Crippen LogP contribution in [0.25, 0.3) is 11.0 Å². The minimum absolute atomic E-state index is 0.0199. The number of fused-ring (bicyclic) bond motifs is 1. The van der Waals surface area contributed by atoms with Gasteiger partial charge in [0.15, 0.2) is 0 Å². The first-order chi connectivity index (χ1) is 13.6. The molecule has 2 heterocycles. The van der Waals surface area contributed by atoms with Crippen LogP contribution in [0.1, 0.15) is 38.5 Å². The number of aliphatic hydroxyl groups excluding tert-OH is 1. The molecule has 8 heteroatoms. The highest BCUT2D eigenvalue weighted by molar-refractivity contribution is 5.78. The average Bonchev–Trinajstić information content (AvgIpc) is 3.32. The summed E-state index contributed by atoms with van der Waals surface area (Å²) >= 11 is 0. The molecule has 150 valence electrons. The van der Waals surface area contributed by atoms with E-state index in [2.05, 4.69) is 15.5 Å². The van der Waals surface area contributed by atoms with Crippen molar-refractivity contribution in [1.82, 2.24) is 25.2 Å². The highest BCUT2D eigenvalue weighted by Crippen LogP contribution is 2.28. The second-order valence-corrected chi connectivity index (χ2v) is 7.94. The van der Waals surface area contributed by atoms with Crippen LogP contribution >= 0.6 is 0 Å². The molecule has 1 saturated heterocycles. The lowest BCUT2D eigenvalue weighted by atomic mass is 9.99. The Morgan fingerprint density at radius 2 is 1.79 bits per heavy atom. The van der Waals surface area contributed by atoms with Crippen LogP contribution in [-0.2, 0) is 16.1 Å². The fraction of sp³-hybridized carbons (Fsp3) is 0.600. The van der Waals surface area contributed by atoms with Crippen molar-refractivity contribution in [3.05, 3.63) is 24.3 Å². The third-order valence-corrected chi connectivity index (χ3v) is 5.83. The highest BCUT2D eigenvalue weighted by Gasteiger charge is 2.32. The molecule has 8 nitrogen and oxygen atoms in total. The summed E-state index contributed by atoms with van der Waals surface area (Å²) < 4.78 is 0. The van der Waals surface area contributed by atoms with Gasteiger partial charge in [-0.2, -0.15) is 15.0 Å². The van der Waals surface area contributed by atoms with Crippen LogP contribution < -0.4 is 5.32 Å². The molecule has 1 saturated carbocycles. The number of amides is 2. The molecule has 2 amide bonds. The zero-order chi connectivity index (χ0) is 19.5. The molecular weight excluding hydrogens is 358 g/mol. The number of hydrogen-bond acceptors (Lipinski definition) is 5. The monoisotopic (exact) mass is 385 g/mol. The van der Waals surface area contributed by atoms with Gasteiger partial charge < -0.3 is 15.3 Å². The van der Waals surface area contributed by atoms with Gasteiger partial charge in [-0.1, -0.05) is 25.0 Å². The topological polar surface area (TPSA) is 100 Å². The van der Waals surface area contributed by atoms with E-state index in [1.54, 1.807) is 4.90 Å². The van der Waals surface area contributed by atoms with Gasteiger partial charge in [0.25, 0.3) is 0 Å². The normalized spacial score (nSPS) is 23.2. The van der Waals surface area contributed by atoms with E-state index in [9.17, 15) is 14.7 Å². The number of benzene rings is 1. The van der Waals surface area contributed by atoms with Crippen molar-refractivity contribution in [2.45, 2.75) is 57.2 Å². The Labute approximate surface area is 163 Å². The third kappa shape index (κ3) is 4.32. The molecule has 1 aromatic carbocycles. The molecule has 0 unspecified atom stereocenters. The van der Waals surface area contributed by atoms with Crippen molar-refractivity contribution >= 4 is 22.8 Å². The van der Waals surface area contributed by atoms with Gasteiger partial charge in [-0.25, -0.2) is 0 Å². The molecule has 1 aliphatic heterocycles. The molecule has 2 aromatic rings. The van der Waals surface area contributed by atoms with Crippen LogP contribution in [0.15, 0.2) is 24.3 Å². The van der Waals surface area contributed by atoms with Crippen molar-refractivity contribution < 1.29 is 14.7 Å². The molecule has 0 radical (unpaired) electrons. The molecular formula is C20H27N5O3. The van der Waals surface area contributed by atoms with Gasteiger partial charge in [-0.15, -0.1) is 0 Å². The number of piperidine rings is 1. The van der Waals surface area contributed by atoms with E-state index in [-0.39, 0.29) is 18.4 Å². The van der Waals surface area contributed by atoms with Gasteiger partial charge in [0.2, 0.25) is 11.8 Å². The maximum absolute atomic E-state index is 12.6. The smallest absolute Gasteiger partial charge is 0.243 e. The van der Waals surface area contributed by atoms with Gasteiger partial charge in [0.05, 0.1) is 12.1 Å².